The monoisotopic (exact) mass is 346 g/mol. The van der Waals surface area contributed by atoms with Crippen molar-refractivity contribution in [2.24, 2.45) is 0 Å². The van der Waals surface area contributed by atoms with Crippen molar-refractivity contribution >= 4 is 15.8 Å². The maximum atomic E-state index is 12.6. The van der Waals surface area contributed by atoms with E-state index >= 15 is 0 Å². The van der Waals surface area contributed by atoms with E-state index in [4.69, 9.17) is 4.74 Å². The zero-order valence-corrected chi connectivity index (χ0v) is 15.2. The highest BCUT2D eigenvalue weighted by Crippen LogP contribution is 2.36. The predicted molar refractivity (Wildman–Crippen MR) is 94.3 cm³/mol. The lowest BCUT2D eigenvalue weighted by molar-refractivity contribution is 0.0729. The van der Waals surface area contributed by atoms with Gasteiger partial charge in [-0.05, 0) is 29.2 Å². The summed E-state index contributed by atoms with van der Waals surface area (Å²) in [6.45, 7) is 7.37. The van der Waals surface area contributed by atoms with Crippen molar-refractivity contribution < 1.29 is 17.9 Å². The van der Waals surface area contributed by atoms with Gasteiger partial charge in [0.2, 0.25) is 0 Å². The first-order valence-electron chi connectivity index (χ1n) is 7.80. The van der Waals surface area contributed by atoms with Crippen molar-refractivity contribution in [3.63, 3.8) is 0 Å². The van der Waals surface area contributed by atoms with E-state index in [0.29, 0.717) is 11.1 Å². The first-order chi connectivity index (χ1) is 11.2. The third kappa shape index (κ3) is 3.85. The van der Waals surface area contributed by atoms with E-state index < -0.39 is 21.2 Å². The first kappa shape index (κ1) is 18.2. The number of carbonyl (C=O) groups is 1. The molecule has 24 heavy (non-hydrogen) atoms. The molecule has 128 valence electrons. The van der Waals surface area contributed by atoms with Gasteiger partial charge < -0.3 is 4.74 Å². The Morgan fingerprint density at radius 1 is 1.00 bits per heavy atom. The SMILES string of the molecule is CCS(=O)(=O)c1c(OC(=O)c2ccccc2)cccc1C(C)(C)C. The van der Waals surface area contributed by atoms with Crippen LogP contribution in [-0.4, -0.2) is 20.1 Å². The summed E-state index contributed by atoms with van der Waals surface area (Å²) in [5.41, 5.74) is 0.619. The Bertz CT molecular complexity index is 831. The molecule has 0 radical (unpaired) electrons. The Kier molecular flexibility index (Phi) is 5.13. The summed E-state index contributed by atoms with van der Waals surface area (Å²) in [5, 5.41) is 0. The minimum absolute atomic E-state index is 0.0595. The van der Waals surface area contributed by atoms with Crippen LogP contribution in [0.15, 0.2) is 53.4 Å². The van der Waals surface area contributed by atoms with Crippen molar-refractivity contribution in [2.75, 3.05) is 5.75 Å². The molecule has 0 saturated carbocycles. The van der Waals surface area contributed by atoms with Gasteiger partial charge in [0.15, 0.2) is 9.84 Å². The molecule has 0 spiro atoms. The lowest BCUT2D eigenvalue weighted by Gasteiger charge is -2.24. The van der Waals surface area contributed by atoms with Crippen molar-refractivity contribution in [2.45, 2.75) is 38.0 Å². The van der Waals surface area contributed by atoms with Crippen LogP contribution in [0.1, 0.15) is 43.6 Å². The molecule has 2 aromatic rings. The van der Waals surface area contributed by atoms with E-state index in [1.54, 1.807) is 49.4 Å². The van der Waals surface area contributed by atoms with Crippen LogP contribution in [0.4, 0.5) is 0 Å². The summed E-state index contributed by atoms with van der Waals surface area (Å²) < 4.78 is 30.7. The van der Waals surface area contributed by atoms with Crippen LogP contribution in [0.25, 0.3) is 0 Å². The number of hydrogen-bond acceptors (Lipinski definition) is 4. The largest absolute Gasteiger partial charge is 0.422 e. The molecule has 0 unspecified atom stereocenters. The zero-order valence-electron chi connectivity index (χ0n) is 14.4. The molecule has 0 aliphatic carbocycles. The lowest BCUT2D eigenvalue weighted by Crippen LogP contribution is -2.20. The maximum absolute atomic E-state index is 12.6. The van der Waals surface area contributed by atoms with Gasteiger partial charge in [0.1, 0.15) is 10.6 Å². The normalized spacial score (nSPS) is 12.0. The molecule has 0 aromatic heterocycles. The minimum atomic E-state index is -3.55. The average Bonchev–Trinajstić information content (AvgIpc) is 2.54. The van der Waals surface area contributed by atoms with Crippen LogP contribution in [-0.2, 0) is 15.3 Å². The molecule has 0 aliphatic rings. The fourth-order valence-corrected chi connectivity index (χ4v) is 3.80. The molecule has 0 bridgehead atoms. The Morgan fingerprint density at radius 2 is 1.62 bits per heavy atom. The van der Waals surface area contributed by atoms with Gasteiger partial charge in [0, 0.05) is 0 Å². The predicted octanol–water partition coefficient (Wildman–Crippen LogP) is 4.00. The van der Waals surface area contributed by atoms with Crippen LogP contribution < -0.4 is 4.74 Å². The summed E-state index contributed by atoms with van der Waals surface area (Å²) in [7, 11) is -3.55. The smallest absolute Gasteiger partial charge is 0.343 e. The zero-order chi connectivity index (χ0) is 18.0. The fourth-order valence-electron chi connectivity index (χ4n) is 2.38. The topological polar surface area (TPSA) is 60.4 Å². The Hall–Kier alpha value is -2.14. The van der Waals surface area contributed by atoms with Gasteiger partial charge in [-0.1, -0.05) is 58.0 Å². The highest BCUT2D eigenvalue weighted by Gasteiger charge is 2.29. The van der Waals surface area contributed by atoms with Crippen LogP contribution >= 0.6 is 0 Å². The molecule has 0 aliphatic heterocycles. The van der Waals surface area contributed by atoms with Gasteiger partial charge in [-0.2, -0.15) is 0 Å². The number of esters is 1. The van der Waals surface area contributed by atoms with Crippen LogP contribution in [0.2, 0.25) is 0 Å². The van der Waals surface area contributed by atoms with Gasteiger partial charge in [0.25, 0.3) is 0 Å². The molecule has 2 rings (SSSR count). The number of sulfone groups is 1. The van der Waals surface area contributed by atoms with Gasteiger partial charge in [0.05, 0.1) is 11.3 Å². The van der Waals surface area contributed by atoms with E-state index in [9.17, 15) is 13.2 Å². The van der Waals surface area contributed by atoms with Gasteiger partial charge in [-0.25, -0.2) is 13.2 Å². The fraction of sp³-hybridized carbons (Fsp3) is 0.316. The number of benzene rings is 2. The second-order valence-electron chi connectivity index (χ2n) is 6.54. The molecule has 0 atom stereocenters. The van der Waals surface area contributed by atoms with E-state index in [0.717, 1.165) is 0 Å². The Labute approximate surface area is 143 Å². The third-order valence-corrected chi connectivity index (χ3v) is 5.49. The highest BCUT2D eigenvalue weighted by atomic mass is 32.2. The lowest BCUT2D eigenvalue weighted by atomic mass is 9.87. The van der Waals surface area contributed by atoms with E-state index in [2.05, 4.69) is 0 Å². The second kappa shape index (κ2) is 6.77. The quantitative estimate of drug-likeness (QED) is 0.620. The van der Waals surface area contributed by atoms with E-state index in [1.165, 1.54) is 6.07 Å². The summed E-state index contributed by atoms with van der Waals surface area (Å²) in [6, 6.07) is 13.5. The van der Waals surface area contributed by atoms with Gasteiger partial charge in [-0.3, -0.25) is 0 Å². The third-order valence-electron chi connectivity index (χ3n) is 3.69. The number of hydrogen-bond donors (Lipinski definition) is 0. The molecule has 2 aromatic carbocycles. The van der Waals surface area contributed by atoms with Gasteiger partial charge >= 0.3 is 5.97 Å². The minimum Gasteiger partial charge on any atom is -0.422 e. The highest BCUT2D eigenvalue weighted by molar-refractivity contribution is 7.91. The van der Waals surface area contributed by atoms with E-state index in [-0.39, 0.29) is 16.4 Å². The molecule has 0 amide bonds. The Balaban J connectivity index is 2.57. The second-order valence-corrected chi connectivity index (χ2v) is 8.76. The summed E-state index contributed by atoms with van der Waals surface area (Å²) >= 11 is 0. The maximum Gasteiger partial charge on any atom is 0.343 e. The average molecular weight is 346 g/mol. The van der Waals surface area contributed by atoms with Gasteiger partial charge in [-0.15, -0.1) is 0 Å². The molecule has 4 nitrogen and oxygen atoms in total. The van der Waals surface area contributed by atoms with Crippen LogP contribution in [0.3, 0.4) is 0 Å². The molecular weight excluding hydrogens is 324 g/mol. The number of ether oxygens (including phenoxy) is 1. The van der Waals surface area contributed by atoms with Crippen LogP contribution in [0, 0.1) is 0 Å². The van der Waals surface area contributed by atoms with Crippen molar-refractivity contribution in [1.29, 1.82) is 0 Å². The molecule has 0 heterocycles. The number of rotatable bonds is 4. The molecule has 0 saturated heterocycles. The van der Waals surface area contributed by atoms with Crippen molar-refractivity contribution in [1.82, 2.24) is 0 Å². The molecular formula is C19H22O4S. The Morgan fingerprint density at radius 3 is 2.17 bits per heavy atom. The molecule has 0 fully saturated rings. The van der Waals surface area contributed by atoms with Crippen molar-refractivity contribution in [3.05, 3.63) is 59.7 Å². The summed E-state index contributed by atoms with van der Waals surface area (Å²) in [4.78, 5) is 12.4. The molecule has 5 heteroatoms. The standard InChI is InChI=1S/C19H22O4S/c1-5-24(21,22)17-15(19(2,3)4)12-9-13-16(17)23-18(20)14-10-7-6-8-11-14/h6-13H,5H2,1-4H3. The number of carbonyl (C=O) groups excluding carboxylic acids is 1. The van der Waals surface area contributed by atoms with Crippen molar-refractivity contribution in [3.8, 4) is 5.75 Å². The van der Waals surface area contributed by atoms with E-state index in [1.807, 2.05) is 20.8 Å². The first-order valence-corrected chi connectivity index (χ1v) is 9.45. The summed E-state index contributed by atoms with van der Waals surface area (Å²) in [6.07, 6.45) is 0. The van der Waals surface area contributed by atoms with Crippen LogP contribution in [0.5, 0.6) is 5.75 Å². The summed E-state index contributed by atoms with van der Waals surface area (Å²) in [5.74, 6) is -0.553. The molecule has 0 N–H and O–H groups in total.